The molecular formula is C16H22F3IN6. The van der Waals surface area contributed by atoms with E-state index in [0.717, 1.165) is 29.3 Å². The molecule has 6 nitrogen and oxygen atoms in total. The summed E-state index contributed by atoms with van der Waals surface area (Å²) in [5.74, 6) is 2.19. The molecule has 0 spiro atoms. The lowest BCUT2D eigenvalue weighted by molar-refractivity contribution is -0.137. The zero-order chi connectivity index (χ0) is 18.4. The molecule has 10 heteroatoms. The van der Waals surface area contributed by atoms with E-state index in [1.54, 1.807) is 7.05 Å². The minimum atomic E-state index is -4.30. The summed E-state index contributed by atoms with van der Waals surface area (Å²) >= 11 is 0. The van der Waals surface area contributed by atoms with E-state index < -0.39 is 11.7 Å². The molecule has 0 unspecified atom stereocenters. The Labute approximate surface area is 167 Å². The number of nitrogens with zero attached hydrogens (tertiary/aromatic N) is 4. The Kier molecular flexibility index (Phi) is 8.31. The highest BCUT2D eigenvalue weighted by Crippen LogP contribution is 2.29. The average Bonchev–Trinajstić information content (AvgIpc) is 2.89. The van der Waals surface area contributed by atoms with Crippen molar-refractivity contribution < 1.29 is 13.2 Å². The maximum absolute atomic E-state index is 12.5. The molecule has 1 aromatic carbocycles. The molecule has 26 heavy (non-hydrogen) atoms. The lowest BCUT2D eigenvalue weighted by atomic mass is 10.1. The normalized spacial score (nSPS) is 11.8. The number of aliphatic imine (C=N–C) groups is 1. The summed E-state index contributed by atoms with van der Waals surface area (Å²) in [7, 11) is 3.53. The predicted molar refractivity (Wildman–Crippen MR) is 105 cm³/mol. The first kappa shape index (κ1) is 22.2. The van der Waals surface area contributed by atoms with Crippen LogP contribution in [0, 0.1) is 6.92 Å². The lowest BCUT2D eigenvalue weighted by Crippen LogP contribution is -2.38. The first-order valence-corrected chi connectivity index (χ1v) is 7.76. The Morgan fingerprint density at radius 3 is 2.31 bits per heavy atom. The minimum Gasteiger partial charge on any atom is -0.356 e. The van der Waals surface area contributed by atoms with E-state index in [2.05, 4.69) is 25.8 Å². The molecule has 0 radical (unpaired) electrons. The third kappa shape index (κ3) is 6.15. The molecule has 0 aliphatic heterocycles. The van der Waals surface area contributed by atoms with Gasteiger partial charge < -0.3 is 15.2 Å². The van der Waals surface area contributed by atoms with E-state index >= 15 is 0 Å². The number of aryl methyl sites for hydroxylation is 1. The van der Waals surface area contributed by atoms with Crippen LogP contribution in [0.1, 0.15) is 22.8 Å². The van der Waals surface area contributed by atoms with Crippen molar-refractivity contribution in [2.75, 3.05) is 13.6 Å². The second kappa shape index (κ2) is 9.74. The van der Waals surface area contributed by atoms with Crippen LogP contribution in [0.3, 0.4) is 0 Å². The van der Waals surface area contributed by atoms with Gasteiger partial charge in [0.15, 0.2) is 11.8 Å². The van der Waals surface area contributed by atoms with E-state index in [1.165, 1.54) is 12.1 Å². The summed E-state index contributed by atoms with van der Waals surface area (Å²) in [4.78, 5) is 4.11. The third-order valence-corrected chi connectivity index (χ3v) is 3.81. The summed E-state index contributed by atoms with van der Waals surface area (Å²) in [6.07, 6.45) is -3.72. The Hall–Kier alpha value is -1.85. The number of guanidine groups is 1. The molecule has 0 saturated carbocycles. The van der Waals surface area contributed by atoms with Gasteiger partial charge in [0, 0.05) is 20.6 Å². The topological polar surface area (TPSA) is 67.1 Å². The van der Waals surface area contributed by atoms with E-state index in [0.29, 0.717) is 25.5 Å². The minimum absolute atomic E-state index is 0. The number of hydrogen-bond acceptors (Lipinski definition) is 3. The van der Waals surface area contributed by atoms with Gasteiger partial charge in [0.05, 0.1) is 12.1 Å². The Balaban J connectivity index is 0.00000338. The number of rotatable bonds is 5. The van der Waals surface area contributed by atoms with Crippen molar-refractivity contribution in [3.05, 3.63) is 47.0 Å². The summed E-state index contributed by atoms with van der Waals surface area (Å²) in [6.45, 7) is 2.88. The fraction of sp³-hybridized carbons (Fsp3) is 0.438. The van der Waals surface area contributed by atoms with Gasteiger partial charge in [-0.25, -0.2) is 0 Å². The predicted octanol–water partition coefficient (Wildman–Crippen LogP) is 2.67. The molecule has 0 saturated heterocycles. The third-order valence-electron chi connectivity index (χ3n) is 3.81. The van der Waals surface area contributed by atoms with Crippen molar-refractivity contribution >= 4 is 29.9 Å². The van der Waals surface area contributed by atoms with Crippen molar-refractivity contribution in [1.82, 2.24) is 25.4 Å². The molecular weight excluding hydrogens is 460 g/mol. The zero-order valence-electron chi connectivity index (χ0n) is 14.8. The fourth-order valence-electron chi connectivity index (χ4n) is 2.17. The summed E-state index contributed by atoms with van der Waals surface area (Å²) in [5, 5.41) is 14.3. The first-order valence-electron chi connectivity index (χ1n) is 7.76. The quantitative estimate of drug-likeness (QED) is 0.391. The van der Waals surface area contributed by atoms with Crippen LogP contribution < -0.4 is 10.6 Å². The molecule has 0 fully saturated rings. The van der Waals surface area contributed by atoms with Crippen LogP contribution in [0.2, 0.25) is 0 Å². The van der Waals surface area contributed by atoms with Crippen molar-refractivity contribution in [1.29, 1.82) is 0 Å². The van der Waals surface area contributed by atoms with Crippen LogP contribution in [0.4, 0.5) is 13.2 Å². The Morgan fingerprint density at radius 1 is 1.15 bits per heavy atom. The summed E-state index contributed by atoms with van der Waals surface area (Å²) in [6, 6.07) is 5.17. The van der Waals surface area contributed by atoms with Crippen molar-refractivity contribution in [2.45, 2.75) is 26.1 Å². The van der Waals surface area contributed by atoms with Crippen LogP contribution in [0.5, 0.6) is 0 Å². The van der Waals surface area contributed by atoms with Crippen molar-refractivity contribution in [2.24, 2.45) is 12.0 Å². The second-order valence-electron chi connectivity index (χ2n) is 5.52. The maximum atomic E-state index is 12.5. The molecule has 0 aliphatic carbocycles. The number of halogens is 4. The van der Waals surface area contributed by atoms with Crippen LogP contribution >= 0.6 is 24.0 Å². The van der Waals surface area contributed by atoms with E-state index in [4.69, 9.17) is 0 Å². The Morgan fingerprint density at radius 2 is 1.81 bits per heavy atom. The molecule has 1 aromatic heterocycles. The fourth-order valence-corrected chi connectivity index (χ4v) is 2.17. The average molecular weight is 482 g/mol. The molecule has 2 aromatic rings. The summed E-state index contributed by atoms with van der Waals surface area (Å²) in [5.41, 5.74) is 0.181. The van der Waals surface area contributed by atoms with Gasteiger partial charge in [-0.1, -0.05) is 12.1 Å². The number of aromatic nitrogens is 3. The number of hydrogen-bond donors (Lipinski definition) is 2. The van der Waals surface area contributed by atoms with Gasteiger partial charge in [0.25, 0.3) is 0 Å². The van der Waals surface area contributed by atoms with Crippen LogP contribution in [0.15, 0.2) is 29.3 Å². The van der Waals surface area contributed by atoms with E-state index in [-0.39, 0.29) is 24.0 Å². The second-order valence-corrected chi connectivity index (χ2v) is 5.52. The van der Waals surface area contributed by atoms with Gasteiger partial charge in [-0.05, 0) is 31.0 Å². The monoisotopic (exact) mass is 482 g/mol. The molecule has 0 amide bonds. The van der Waals surface area contributed by atoms with Gasteiger partial charge in [-0.15, -0.1) is 34.2 Å². The highest BCUT2D eigenvalue weighted by atomic mass is 127. The van der Waals surface area contributed by atoms with Crippen LogP contribution in [-0.2, 0) is 26.2 Å². The van der Waals surface area contributed by atoms with Crippen LogP contribution in [-0.4, -0.2) is 34.3 Å². The van der Waals surface area contributed by atoms with Crippen molar-refractivity contribution in [3.8, 4) is 0 Å². The number of alkyl halides is 3. The van der Waals surface area contributed by atoms with Gasteiger partial charge >= 0.3 is 6.18 Å². The van der Waals surface area contributed by atoms with Crippen LogP contribution in [0.25, 0.3) is 0 Å². The first-order chi connectivity index (χ1) is 11.8. The standard InChI is InChI=1S/C16H21F3N6.HI/c1-11-23-24-14(25(11)3)10-22-15(20-2)21-9-8-12-4-6-13(7-5-12)16(17,18)19;/h4-7H,8-10H2,1-3H3,(H2,20,21,22);1H. The van der Waals surface area contributed by atoms with Gasteiger partial charge in [-0.3, -0.25) is 4.99 Å². The number of benzene rings is 1. The molecule has 2 N–H and O–H groups in total. The summed E-state index contributed by atoms with van der Waals surface area (Å²) < 4.78 is 39.5. The Bertz CT molecular complexity index is 725. The molecule has 0 aliphatic rings. The van der Waals surface area contributed by atoms with E-state index in [1.807, 2.05) is 18.5 Å². The lowest BCUT2D eigenvalue weighted by Gasteiger charge is -2.12. The van der Waals surface area contributed by atoms with Gasteiger partial charge in [-0.2, -0.15) is 13.2 Å². The molecule has 0 atom stereocenters. The van der Waals surface area contributed by atoms with E-state index in [9.17, 15) is 13.2 Å². The molecule has 144 valence electrons. The molecule has 0 bridgehead atoms. The molecule has 1 heterocycles. The van der Waals surface area contributed by atoms with Gasteiger partial charge in [0.2, 0.25) is 0 Å². The smallest absolute Gasteiger partial charge is 0.356 e. The molecule has 2 rings (SSSR count). The van der Waals surface area contributed by atoms with Crippen molar-refractivity contribution in [3.63, 3.8) is 0 Å². The largest absolute Gasteiger partial charge is 0.416 e. The van der Waals surface area contributed by atoms with Gasteiger partial charge in [0.1, 0.15) is 5.82 Å². The maximum Gasteiger partial charge on any atom is 0.416 e. The SMILES string of the molecule is CN=C(NCCc1ccc(C(F)(F)F)cc1)NCc1nnc(C)n1C.I. The highest BCUT2D eigenvalue weighted by molar-refractivity contribution is 14.0. The number of nitrogens with one attached hydrogen (secondary N) is 2. The zero-order valence-corrected chi connectivity index (χ0v) is 17.1. The highest BCUT2D eigenvalue weighted by Gasteiger charge is 2.29.